The minimum atomic E-state index is 0.649. The zero-order valence-electron chi connectivity index (χ0n) is 11.4. The third kappa shape index (κ3) is 3.58. The molecule has 0 saturated carbocycles. The fourth-order valence-electron chi connectivity index (χ4n) is 1.96. The van der Waals surface area contributed by atoms with Crippen molar-refractivity contribution in [2.75, 3.05) is 18.0 Å². The first-order valence-corrected chi connectivity index (χ1v) is 6.43. The van der Waals surface area contributed by atoms with E-state index in [9.17, 15) is 4.79 Å². The SMILES string of the molecule is CCC(C)CN(CC)c1ccc(C)cc1C=O. The van der Waals surface area contributed by atoms with Crippen LogP contribution >= 0.6 is 0 Å². The Hall–Kier alpha value is -1.31. The summed E-state index contributed by atoms with van der Waals surface area (Å²) < 4.78 is 0. The Morgan fingerprint density at radius 3 is 2.59 bits per heavy atom. The summed E-state index contributed by atoms with van der Waals surface area (Å²) in [6, 6.07) is 6.09. The summed E-state index contributed by atoms with van der Waals surface area (Å²) in [6.07, 6.45) is 2.13. The molecule has 17 heavy (non-hydrogen) atoms. The number of carbonyl (C=O) groups excluding carboxylic acids is 1. The first-order chi connectivity index (χ1) is 8.12. The molecule has 1 rings (SSSR count). The maximum Gasteiger partial charge on any atom is 0.152 e. The minimum Gasteiger partial charge on any atom is -0.371 e. The summed E-state index contributed by atoms with van der Waals surface area (Å²) in [5.74, 6) is 0.649. The van der Waals surface area contributed by atoms with Crippen molar-refractivity contribution in [1.29, 1.82) is 0 Å². The summed E-state index contributed by atoms with van der Waals surface area (Å²) in [7, 11) is 0. The molecule has 0 bridgehead atoms. The number of aldehydes is 1. The van der Waals surface area contributed by atoms with Gasteiger partial charge in [-0.25, -0.2) is 0 Å². The molecule has 94 valence electrons. The van der Waals surface area contributed by atoms with Crippen molar-refractivity contribution in [3.8, 4) is 0 Å². The van der Waals surface area contributed by atoms with Gasteiger partial charge in [-0.3, -0.25) is 4.79 Å². The van der Waals surface area contributed by atoms with Gasteiger partial charge in [0.2, 0.25) is 0 Å². The van der Waals surface area contributed by atoms with Crippen LogP contribution in [0, 0.1) is 12.8 Å². The van der Waals surface area contributed by atoms with Crippen molar-refractivity contribution in [3.63, 3.8) is 0 Å². The summed E-state index contributed by atoms with van der Waals surface area (Å²) in [6.45, 7) is 10.6. The molecule has 0 heterocycles. The number of nitrogens with zero attached hydrogens (tertiary/aromatic N) is 1. The minimum absolute atomic E-state index is 0.649. The Labute approximate surface area is 105 Å². The van der Waals surface area contributed by atoms with Gasteiger partial charge in [-0.2, -0.15) is 0 Å². The Morgan fingerprint density at radius 2 is 2.06 bits per heavy atom. The quantitative estimate of drug-likeness (QED) is 0.699. The number of hydrogen-bond acceptors (Lipinski definition) is 2. The van der Waals surface area contributed by atoms with Crippen LogP contribution in [-0.4, -0.2) is 19.4 Å². The predicted octanol–water partition coefficient (Wildman–Crippen LogP) is 3.68. The second-order valence-corrected chi connectivity index (χ2v) is 4.73. The molecule has 0 aliphatic carbocycles. The Morgan fingerprint density at radius 1 is 1.35 bits per heavy atom. The van der Waals surface area contributed by atoms with Gasteiger partial charge in [-0.05, 0) is 31.9 Å². The van der Waals surface area contributed by atoms with Gasteiger partial charge in [-0.15, -0.1) is 0 Å². The first kappa shape index (κ1) is 13.8. The lowest BCUT2D eigenvalue weighted by Crippen LogP contribution is -2.28. The lowest BCUT2D eigenvalue weighted by Gasteiger charge is -2.27. The highest BCUT2D eigenvalue weighted by atomic mass is 16.1. The second kappa shape index (κ2) is 6.43. The highest BCUT2D eigenvalue weighted by Crippen LogP contribution is 2.22. The van der Waals surface area contributed by atoms with E-state index in [1.165, 1.54) is 6.42 Å². The Kier molecular flexibility index (Phi) is 5.20. The van der Waals surface area contributed by atoms with Crippen LogP contribution in [0.2, 0.25) is 0 Å². The largest absolute Gasteiger partial charge is 0.371 e. The fraction of sp³-hybridized carbons (Fsp3) is 0.533. The molecule has 1 aromatic carbocycles. The van der Waals surface area contributed by atoms with Gasteiger partial charge in [0, 0.05) is 24.3 Å². The molecule has 0 amide bonds. The maximum absolute atomic E-state index is 11.1. The van der Waals surface area contributed by atoms with E-state index in [1.807, 2.05) is 13.0 Å². The van der Waals surface area contributed by atoms with Crippen molar-refractivity contribution >= 4 is 12.0 Å². The molecule has 0 spiro atoms. The van der Waals surface area contributed by atoms with Crippen LogP contribution < -0.4 is 4.90 Å². The van der Waals surface area contributed by atoms with Crippen LogP contribution in [0.4, 0.5) is 5.69 Å². The van der Waals surface area contributed by atoms with Gasteiger partial charge in [0.1, 0.15) is 0 Å². The van der Waals surface area contributed by atoms with E-state index >= 15 is 0 Å². The molecular weight excluding hydrogens is 210 g/mol. The van der Waals surface area contributed by atoms with E-state index in [2.05, 4.69) is 37.8 Å². The number of benzene rings is 1. The first-order valence-electron chi connectivity index (χ1n) is 6.43. The van der Waals surface area contributed by atoms with Crippen LogP contribution in [0.1, 0.15) is 43.1 Å². The van der Waals surface area contributed by atoms with Crippen molar-refractivity contribution in [3.05, 3.63) is 29.3 Å². The molecule has 2 heteroatoms. The molecule has 0 saturated heterocycles. The number of anilines is 1. The van der Waals surface area contributed by atoms with Gasteiger partial charge < -0.3 is 4.90 Å². The highest BCUT2D eigenvalue weighted by Gasteiger charge is 2.12. The van der Waals surface area contributed by atoms with Crippen LogP contribution in [0.15, 0.2) is 18.2 Å². The monoisotopic (exact) mass is 233 g/mol. The standard InChI is InChI=1S/C15H23NO/c1-5-12(3)10-16(6-2)15-8-7-13(4)9-14(15)11-17/h7-9,11-12H,5-6,10H2,1-4H3. The lowest BCUT2D eigenvalue weighted by molar-refractivity contribution is 0.112. The van der Waals surface area contributed by atoms with Crippen LogP contribution in [0.5, 0.6) is 0 Å². The molecule has 2 nitrogen and oxygen atoms in total. The van der Waals surface area contributed by atoms with Crippen molar-refractivity contribution in [1.82, 2.24) is 0 Å². The number of hydrogen-bond donors (Lipinski definition) is 0. The second-order valence-electron chi connectivity index (χ2n) is 4.73. The van der Waals surface area contributed by atoms with Crippen LogP contribution in [0.25, 0.3) is 0 Å². The van der Waals surface area contributed by atoms with E-state index in [0.29, 0.717) is 5.92 Å². The average molecular weight is 233 g/mol. The molecule has 0 aliphatic heterocycles. The van der Waals surface area contributed by atoms with E-state index in [0.717, 1.165) is 36.2 Å². The molecule has 0 fully saturated rings. The van der Waals surface area contributed by atoms with E-state index in [1.54, 1.807) is 0 Å². The molecule has 1 unspecified atom stereocenters. The van der Waals surface area contributed by atoms with Crippen molar-refractivity contribution in [2.24, 2.45) is 5.92 Å². The maximum atomic E-state index is 11.1. The van der Waals surface area contributed by atoms with Gasteiger partial charge in [0.25, 0.3) is 0 Å². The summed E-state index contributed by atoms with van der Waals surface area (Å²) in [5.41, 5.74) is 3.00. The Balaban J connectivity index is 2.98. The third-order valence-electron chi connectivity index (χ3n) is 3.26. The number of rotatable bonds is 6. The zero-order chi connectivity index (χ0) is 12.8. The molecule has 0 radical (unpaired) electrons. The van der Waals surface area contributed by atoms with E-state index in [-0.39, 0.29) is 0 Å². The van der Waals surface area contributed by atoms with E-state index in [4.69, 9.17) is 0 Å². The molecule has 0 aliphatic rings. The van der Waals surface area contributed by atoms with Gasteiger partial charge in [0.15, 0.2) is 6.29 Å². The molecule has 1 atom stereocenters. The predicted molar refractivity (Wildman–Crippen MR) is 73.9 cm³/mol. The van der Waals surface area contributed by atoms with Gasteiger partial charge in [0.05, 0.1) is 0 Å². The molecule has 0 aromatic heterocycles. The average Bonchev–Trinajstić information content (AvgIpc) is 2.35. The third-order valence-corrected chi connectivity index (χ3v) is 3.26. The molecule has 1 aromatic rings. The fourth-order valence-corrected chi connectivity index (χ4v) is 1.96. The van der Waals surface area contributed by atoms with Gasteiger partial charge >= 0.3 is 0 Å². The normalized spacial score (nSPS) is 12.2. The van der Waals surface area contributed by atoms with Crippen molar-refractivity contribution in [2.45, 2.75) is 34.1 Å². The Bertz CT molecular complexity index is 373. The van der Waals surface area contributed by atoms with E-state index < -0.39 is 0 Å². The van der Waals surface area contributed by atoms with Gasteiger partial charge in [-0.1, -0.05) is 31.9 Å². The van der Waals surface area contributed by atoms with Crippen LogP contribution in [0.3, 0.4) is 0 Å². The topological polar surface area (TPSA) is 20.3 Å². The molecular formula is C15H23NO. The smallest absolute Gasteiger partial charge is 0.152 e. The highest BCUT2D eigenvalue weighted by molar-refractivity contribution is 5.85. The lowest BCUT2D eigenvalue weighted by atomic mass is 10.1. The number of carbonyl (C=O) groups is 1. The van der Waals surface area contributed by atoms with Crippen LogP contribution in [-0.2, 0) is 0 Å². The van der Waals surface area contributed by atoms with Crippen molar-refractivity contribution < 1.29 is 4.79 Å². The zero-order valence-corrected chi connectivity index (χ0v) is 11.4. The summed E-state index contributed by atoms with van der Waals surface area (Å²) in [5, 5.41) is 0. The molecule has 0 N–H and O–H groups in total. The number of aryl methyl sites for hydroxylation is 1. The summed E-state index contributed by atoms with van der Waals surface area (Å²) in [4.78, 5) is 13.4. The summed E-state index contributed by atoms with van der Waals surface area (Å²) >= 11 is 0.